The van der Waals surface area contributed by atoms with Crippen molar-refractivity contribution >= 4 is 28.4 Å². The van der Waals surface area contributed by atoms with Gasteiger partial charge in [0.15, 0.2) is 0 Å². The zero-order valence-corrected chi connectivity index (χ0v) is 15.7. The number of carbonyl (C=O) groups excluding carboxylic acids is 2. The number of amides is 2. The molecule has 6 nitrogen and oxygen atoms in total. The summed E-state index contributed by atoms with van der Waals surface area (Å²) < 4.78 is 0. The van der Waals surface area contributed by atoms with Crippen molar-refractivity contribution in [1.29, 1.82) is 0 Å². The minimum atomic E-state index is -0.211. The number of carbonyl (C=O) groups is 2. The van der Waals surface area contributed by atoms with Gasteiger partial charge in [-0.05, 0) is 42.5 Å². The number of rotatable bonds is 5. The number of fused-ring (bicyclic) bond motifs is 2. The molecule has 0 unspecified atom stereocenters. The molecule has 6 heteroatoms. The zero-order valence-electron chi connectivity index (χ0n) is 15.7. The van der Waals surface area contributed by atoms with Gasteiger partial charge in [0, 0.05) is 35.8 Å². The van der Waals surface area contributed by atoms with Crippen molar-refractivity contribution in [3.63, 3.8) is 0 Å². The molecule has 1 aliphatic heterocycles. The van der Waals surface area contributed by atoms with E-state index in [9.17, 15) is 9.59 Å². The molecule has 0 bridgehead atoms. The number of anilines is 1. The lowest BCUT2D eigenvalue weighted by Crippen LogP contribution is -2.47. The molecule has 0 radical (unpaired) electrons. The average molecular weight is 376 g/mol. The van der Waals surface area contributed by atoms with Crippen LogP contribution in [0.25, 0.3) is 10.9 Å². The van der Waals surface area contributed by atoms with Gasteiger partial charge in [-0.3, -0.25) is 20.4 Å². The number of benzene rings is 2. The summed E-state index contributed by atoms with van der Waals surface area (Å²) in [6, 6.07) is 16.2. The minimum absolute atomic E-state index is 0.197. The summed E-state index contributed by atoms with van der Waals surface area (Å²) in [7, 11) is 0. The number of H-pyrrole nitrogens is 1. The number of hydrazine groups is 1. The summed E-state index contributed by atoms with van der Waals surface area (Å²) in [5.74, 6) is -0.408. The van der Waals surface area contributed by atoms with E-state index >= 15 is 0 Å². The topological polar surface area (TPSA) is 77.2 Å². The van der Waals surface area contributed by atoms with Crippen LogP contribution in [0.3, 0.4) is 0 Å². The Bertz CT molecular complexity index is 995. The van der Waals surface area contributed by atoms with Gasteiger partial charge in [0.05, 0.1) is 6.54 Å². The van der Waals surface area contributed by atoms with Crippen LogP contribution in [0.1, 0.15) is 24.0 Å². The van der Waals surface area contributed by atoms with Crippen LogP contribution in [0.15, 0.2) is 54.7 Å². The molecule has 4 rings (SSSR count). The molecule has 3 aromatic rings. The third-order valence-electron chi connectivity index (χ3n) is 5.18. The first-order valence-electron chi connectivity index (χ1n) is 9.66. The molecule has 1 aliphatic rings. The van der Waals surface area contributed by atoms with Crippen LogP contribution in [0, 0.1) is 0 Å². The summed E-state index contributed by atoms with van der Waals surface area (Å²) in [6.45, 7) is 1.08. The Morgan fingerprint density at radius 3 is 2.71 bits per heavy atom. The quantitative estimate of drug-likeness (QED) is 0.599. The molecule has 0 fully saturated rings. The van der Waals surface area contributed by atoms with Crippen molar-refractivity contribution in [2.24, 2.45) is 0 Å². The fourth-order valence-electron chi connectivity index (χ4n) is 3.78. The fourth-order valence-corrected chi connectivity index (χ4v) is 3.78. The zero-order chi connectivity index (χ0) is 19.3. The van der Waals surface area contributed by atoms with Crippen LogP contribution >= 0.6 is 0 Å². The highest BCUT2D eigenvalue weighted by Crippen LogP contribution is 2.26. The second-order valence-corrected chi connectivity index (χ2v) is 7.11. The molecule has 2 heterocycles. The maximum atomic E-state index is 12.3. The van der Waals surface area contributed by atoms with E-state index in [0.29, 0.717) is 12.8 Å². The Hall–Kier alpha value is -3.28. The van der Waals surface area contributed by atoms with E-state index in [1.165, 1.54) is 5.56 Å². The summed E-state index contributed by atoms with van der Waals surface area (Å²) >= 11 is 0. The van der Waals surface area contributed by atoms with E-state index < -0.39 is 0 Å². The molecule has 0 spiro atoms. The Morgan fingerprint density at radius 2 is 1.79 bits per heavy atom. The maximum Gasteiger partial charge on any atom is 0.257 e. The number of hydrogen-bond donors (Lipinski definition) is 3. The monoisotopic (exact) mass is 376 g/mol. The Labute approximate surface area is 163 Å². The third kappa shape index (κ3) is 4.01. The van der Waals surface area contributed by atoms with Gasteiger partial charge in [-0.25, -0.2) is 0 Å². The average Bonchev–Trinajstić information content (AvgIpc) is 3.14. The van der Waals surface area contributed by atoms with Crippen molar-refractivity contribution in [3.05, 3.63) is 65.9 Å². The molecule has 2 amide bonds. The predicted molar refractivity (Wildman–Crippen MR) is 110 cm³/mol. The minimum Gasteiger partial charge on any atom is -0.362 e. The van der Waals surface area contributed by atoms with E-state index in [1.807, 2.05) is 48.7 Å². The summed E-state index contributed by atoms with van der Waals surface area (Å²) in [4.78, 5) is 29.7. The van der Waals surface area contributed by atoms with Gasteiger partial charge in [-0.15, -0.1) is 0 Å². The normalized spacial score (nSPS) is 13.2. The van der Waals surface area contributed by atoms with E-state index in [-0.39, 0.29) is 18.4 Å². The highest BCUT2D eigenvalue weighted by molar-refractivity contribution is 5.86. The summed E-state index contributed by atoms with van der Waals surface area (Å²) in [5, 5.41) is 1.13. The first-order chi connectivity index (χ1) is 13.7. The van der Waals surface area contributed by atoms with Gasteiger partial charge in [0.25, 0.3) is 5.91 Å². The molecule has 144 valence electrons. The summed E-state index contributed by atoms with van der Waals surface area (Å²) in [5.41, 5.74) is 9.61. The molecule has 0 aliphatic carbocycles. The molecule has 0 saturated carbocycles. The van der Waals surface area contributed by atoms with Crippen molar-refractivity contribution in [2.45, 2.75) is 25.7 Å². The van der Waals surface area contributed by atoms with Gasteiger partial charge in [0.1, 0.15) is 0 Å². The first-order valence-corrected chi connectivity index (χ1v) is 9.66. The number of para-hydroxylation sites is 2. The van der Waals surface area contributed by atoms with Gasteiger partial charge >= 0.3 is 0 Å². The lowest BCUT2D eigenvalue weighted by atomic mass is 10.0. The van der Waals surface area contributed by atoms with E-state index in [1.54, 1.807) is 0 Å². The van der Waals surface area contributed by atoms with Crippen molar-refractivity contribution in [1.82, 2.24) is 15.8 Å². The highest BCUT2D eigenvalue weighted by atomic mass is 16.2. The van der Waals surface area contributed by atoms with Crippen LogP contribution in [0.5, 0.6) is 0 Å². The number of aromatic nitrogens is 1. The van der Waals surface area contributed by atoms with Crippen LogP contribution in [0.4, 0.5) is 5.69 Å². The number of aromatic amines is 1. The lowest BCUT2D eigenvalue weighted by Gasteiger charge is -2.30. The third-order valence-corrected chi connectivity index (χ3v) is 5.18. The van der Waals surface area contributed by atoms with Crippen molar-refractivity contribution in [3.8, 4) is 0 Å². The molecule has 1 aromatic heterocycles. The fraction of sp³-hybridized carbons (Fsp3) is 0.273. The van der Waals surface area contributed by atoms with Crippen LogP contribution in [-0.2, 0) is 22.4 Å². The largest absolute Gasteiger partial charge is 0.362 e. The van der Waals surface area contributed by atoms with E-state index in [2.05, 4.69) is 26.8 Å². The maximum absolute atomic E-state index is 12.3. The predicted octanol–water partition coefficient (Wildman–Crippen LogP) is 2.70. The van der Waals surface area contributed by atoms with Crippen molar-refractivity contribution in [2.75, 3.05) is 18.0 Å². The van der Waals surface area contributed by atoms with Gasteiger partial charge < -0.3 is 9.88 Å². The van der Waals surface area contributed by atoms with Gasteiger partial charge in [-0.1, -0.05) is 36.4 Å². The lowest BCUT2D eigenvalue weighted by molar-refractivity contribution is -0.128. The van der Waals surface area contributed by atoms with E-state index in [4.69, 9.17) is 0 Å². The molecule has 0 atom stereocenters. The summed E-state index contributed by atoms with van der Waals surface area (Å²) in [6.07, 6.45) is 4.93. The number of nitrogens with zero attached hydrogens (tertiary/aromatic N) is 1. The molecule has 28 heavy (non-hydrogen) atoms. The molecule has 2 aromatic carbocycles. The Morgan fingerprint density at radius 1 is 1.00 bits per heavy atom. The number of aryl methyl sites for hydroxylation is 2. The molecular weight excluding hydrogens is 352 g/mol. The highest BCUT2D eigenvalue weighted by Gasteiger charge is 2.18. The Balaban J connectivity index is 1.25. The Kier molecular flexibility index (Phi) is 5.28. The second kappa shape index (κ2) is 8.17. The molecule has 3 N–H and O–H groups in total. The van der Waals surface area contributed by atoms with Gasteiger partial charge in [0.2, 0.25) is 5.91 Å². The van der Waals surface area contributed by atoms with Crippen molar-refractivity contribution < 1.29 is 9.59 Å². The molecular formula is C22H24N4O2. The number of nitrogens with one attached hydrogen (secondary N) is 3. The molecule has 0 saturated heterocycles. The first kappa shape index (κ1) is 18.1. The number of hydrogen-bond acceptors (Lipinski definition) is 3. The second-order valence-electron chi connectivity index (χ2n) is 7.11. The van der Waals surface area contributed by atoms with Crippen LogP contribution in [0.2, 0.25) is 0 Å². The van der Waals surface area contributed by atoms with Crippen LogP contribution in [-0.4, -0.2) is 29.9 Å². The van der Waals surface area contributed by atoms with Gasteiger partial charge in [-0.2, -0.15) is 0 Å². The van der Waals surface area contributed by atoms with E-state index in [0.717, 1.165) is 41.5 Å². The smallest absolute Gasteiger partial charge is 0.257 e. The standard InChI is InChI=1S/C22H24N4O2/c27-21(12-11-17-14-23-19-9-3-2-8-18(17)19)24-25-22(28)15-26-13-5-7-16-6-1-4-10-20(16)26/h1-4,6,8-10,14,23H,5,7,11-13,15H2,(H,24,27)(H,25,28). The van der Waals surface area contributed by atoms with Crippen LogP contribution < -0.4 is 15.8 Å². The SMILES string of the molecule is O=C(CCc1c[nH]c2ccccc12)NNC(=O)CN1CCCc2ccccc21.